The second-order valence-corrected chi connectivity index (χ2v) is 8.55. The van der Waals surface area contributed by atoms with Crippen molar-refractivity contribution in [3.8, 4) is 0 Å². The molecule has 0 unspecified atom stereocenters. The Hall–Kier alpha value is -1.46. The lowest BCUT2D eigenvalue weighted by molar-refractivity contribution is -0.128. The van der Waals surface area contributed by atoms with Crippen molar-refractivity contribution in [2.24, 2.45) is 0 Å². The van der Waals surface area contributed by atoms with Crippen LogP contribution in [0.1, 0.15) is 35.7 Å². The summed E-state index contributed by atoms with van der Waals surface area (Å²) in [6, 6.07) is 11.8. The van der Waals surface area contributed by atoms with Crippen molar-refractivity contribution >= 4 is 44.2 Å². The number of imide groups is 1. The summed E-state index contributed by atoms with van der Waals surface area (Å²) in [6.45, 7) is 2.67. The third-order valence-corrected chi connectivity index (χ3v) is 6.65. The van der Waals surface area contributed by atoms with Gasteiger partial charge in [-0.2, -0.15) is 0 Å². The molecule has 1 aliphatic heterocycles. The van der Waals surface area contributed by atoms with Crippen LogP contribution in [0.4, 0.5) is 0 Å². The summed E-state index contributed by atoms with van der Waals surface area (Å²) in [5.41, 5.74) is 1.56. The first-order valence-electron chi connectivity index (χ1n) is 8.32. The molecule has 2 aromatic rings. The minimum Gasteiger partial charge on any atom is -0.277 e. The fourth-order valence-corrected chi connectivity index (χ4v) is 5.08. The lowest BCUT2D eigenvalue weighted by Gasteiger charge is -2.27. The average molecular weight is 360 g/mol. The SMILES string of the molecule is CCCCSSCCN1C(=O)Cc2ccc3ccccc3c2C1=O. The van der Waals surface area contributed by atoms with Gasteiger partial charge < -0.3 is 0 Å². The minimum absolute atomic E-state index is 0.0815. The lowest BCUT2D eigenvalue weighted by atomic mass is 9.93. The van der Waals surface area contributed by atoms with Gasteiger partial charge in [-0.15, -0.1) is 0 Å². The Morgan fingerprint density at radius 1 is 1.04 bits per heavy atom. The van der Waals surface area contributed by atoms with Gasteiger partial charge in [-0.3, -0.25) is 14.5 Å². The number of fused-ring (bicyclic) bond motifs is 3. The molecule has 126 valence electrons. The van der Waals surface area contributed by atoms with Crippen molar-refractivity contribution < 1.29 is 9.59 Å². The Balaban J connectivity index is 1.74. The number of hydrogen-bond acceptors (Lipinski definition) is 4. The molecule has 0 spiro atoms. The van der Waals surface area contributed by atoms with Gasteiger partial charge in [-0.1, -0.05) is 71.3 Å². The molecule has 0 saturated heterocycles. The predicted molar refractivity (Wildman–Crippen MR) is 104 cm³/mol. The summed E-state index contributed by atoms with van der Waals surface area (Å²) < 4.78 is 0. The van der Waals surface area contributed by atoms with Crippen LogP contribution >= 0.6 is 21.6 Å². The Morgan fingerprint density at radius 2 is 1.83 bits per heavy atom. The van der Waals surface area contributed by atoms with E-state index < -0.39 is 0 Å². The zero-order chi connectivity index (χ0) is 16.9. The third-order valence-electron chi connectivity index (χ3n) is 4.18. The Morgan fingerprint density at radius 3 is 2.67 bits per heavy atom. The van der Waals surface area contributed by atoms with E-state index in [1.807, 2.05) is 47.2 Å². The molecule has 1 aliphatic rings. The van der Waals surface area contributed by atoms with Crippen molar-refractivity contribution in [3.05, 3.63) is 47.5 Å². The summed E-state index contributed by atoms with van der Waals surface area (Å²) in [5.74, 6) is 1.68. The van der Waals surface area contributed by atoms with E-state index in [1.54, 1.807) is 10.8 Å². The highest BCUT2D eigenvalue weighted by Crippen LogP contribution is 2.29. The van der Waals surface area contributed by atoms with Crippen LogP contribution < -0.4 is 0 Å². The largest absolute Gasteiger partial charge is 0.277 e. The molecule has 0 aromatic heterocycles. The molecule has 0 saturated carbocycles. The van der Waals surface area contributed by atoms with Gasteiger partial charge in [0.15, 0.2) is 0 Å². The van der Waals surface area contributed by atoms with Gasteiger partial charge in [-0.25, -0.2) is 0 Å². The summed E-state index contributed by atoms with van der Waals surface area (Å²) in [5, 5.41) is 1.99. The summed E-state index contributed by atoms with van der Waals surface area (Å²) in [4.78, 5) is 26.7. The highest BCUT2D eigenvalue weighted by molar-refractivity contribution is 8.76. The maximum atomic E-state index is 12.9. The molecular formula is C19H21NO2S2. The topological polar surface area (TPSA) is 37.4 Å². The van der Waals surface area contributed by atoms with Crippen molar-refractivity contribution in [1.29, 1.82) is 0 Å². The van der Waals surface area contributed by atoms with Crippen molar-refractivity contribution in [1.82, 2.24) is 4.90 Å². The fourth-order valence-electron chi connectivity index (χ4n) is 2.90. The Labute approximate surface area is 150 Å². The smallest absolute Gasteiger partial charge is 0.261 e. The maximum absolute atomic E-state index is 12.9. The molecule has 5 heteroatoms. The van der Waals surface area contributed by atoms with Crippen LogP contribution in [0.15, 0.2) is 36.4 Å². The van der Waals surface area contributed by atoms with Gasteiger partial charge in [-0.05, 0) is 22.8 Å². The van der Waals surface area contributed by atoms with E-state index in [4.69, 9.17) is 0 Å². The summed E-state index contributed by atoms with van der Waals surface area (Å²) in [7, 11) is 3.57. The van der Waals surface area contributed by atoms with Gasteiger partial charge in [0.25, 0.3) is 5.91 Å². The monoisotopic (exact) mass is 359 g/mol. The first-order chi connectivity index (χ1) is 11.7. The molecule has 0 atom stereocenters. The summed E-state index contributed by atoms with van der Waals surface area (Å²) >= 11 is 0. The van der Waals surface area contributed by atoms with Crippen LogP contribution in [0.3, 0.4) is 0 Å². The van der Waals surface area contributed by atoms with E-state index in [0.29, 0.717) is 18.5 Å². The normalized spacial score (nSPS) is 14.3. The number of benzene rings is 2. The quantitative estimate of drug-likeness (QED) is 0.413. The molecule has 2 amide bonds. The highest BCUT2D eigenvalue weighted by atomic mass is 33.1. The first kappa shape index (κ1) is 17.4. The van der Waals surface area contributed by atoms with Crippen LogP contribution in [-0.4, -0.2) is 34.8 Å². The molecule has 0 aliphatic carbocycles. The molecule has 3 nitrogen and oxygen atoms in total. The number of hydrogen-bond donors (Lipinski definition) is 0. The third kappa shape index (κ3) is 3.62. The average Bonchev–Trinajstić information content (AvgIpc) is 2.59. The van der Waals surface area contributed by atoms with Gasteiger partial charge in [0.2, 0.25) is 5.91 Å². The molecule has 24 heavy (non-hydrogen) atoms. The Kier molecular flexibility index (Phi) is 5.85. The number of nitrogens with zero attached hydrogens (tertiary/aromatic N) is 1. The van der Waals surface area contributed by atoms with E-state index in [1.165, 1.54) is 17.7 Å². The minimum atomic E-state index is -0.141. The zero-order valence-corrected chi connectivity index (χ0v) is 15.4. The van der Waals surface area contributed by atoms with Gasteiger partial charge >= 0.3 is 0 Å². The van der Waals surface area contributed by atoms with Crippen LogP contribution in [-0.2, 0) is 11.2 Å². The van der Waals surface area contributed by atoms with Crippen LogP contribution in [0.2, 0.25) is 0 Å². The van der Waals surface area contributed by atoms with Crippen molar-refractivity contribution in [2.75, 3.05) is 18.1 Å². The lowest BCUT2D eigenvalue weighted by Crippen LogP contribution is -2.43. The Bertz CT molecular complexity index is 760. The molecule has 0 fully saturated rings. The number of carbonyl (C=O) groups excluding carboxylic acids is 2. The van der Waals surface area contributed by atoms with E-state index in [0.717, 1.165) is 27.8 Å². The second kappa shape index (κ2) is 8.08. The van der Waals surface area contributed by atoms with E-state index in [-0.39, 0.29) is 11.8 Å². The molecule has 3 rings (SSSR count). The van der Waals surface area contributed by atoms with Crippen LogP contribution in [0, 0.1) is 0 Å². The maximum Gasteiger partial charge on any atom is 0.261 e. The number of amides is 2. The molecular weight excluding hydrogens is 338 g/mol. The van der Waals surface area contributed by atoms with Crippen LogP contribution in [0.25, 0.3) is 10.8 Å². The van der Waals surface area contributed by atoms with Gasteiger partial charge in [0.1, 0.15) is 0 Å². The van der Waals surface area contributed by atoms with E-state index >= 15 is 0 Å². The second-order valence-electron chi connectivity index (χ2n) is 5.85. The van der Waals surface area contributed by atoms with Crippen molar-refractivity contribution in [3.63, 3.8) is 0 Å². The molecule has 0 N–H and O–H groups in total. The van der Waals surface area contributed by atoms with Gasteiger partial charge in [0, 0.05) is 18.1 Å². The van der Waals surface area contributed by atoms with E-state index in [2.05, 4.69) is 6.92 Å². The van der Waals surface area contributed by atoms with E-state index in [9.17, 15) is 9.59 Å². The number of unbranched alkanes of at least 4 members (excludes halogenated alkanes) is 1. The molecule has 0 bridgehead atoms. The predicted octanol–water partition coefficient (Wildman–Crippen LogP) is 4.55. The number of rotatable bonds is 7. The van der Waals surface area contributed by atoms with Crippen molar-refractivity contribution in [2.45, 2.75) is 26.2 Å². The van der Waals surface area contributed by atoms with Crippen LogP contribution in [0.5, 0.6) is 0 Å². The van der Waals surface area contributed by atoms with Gasteiger partial charge in [0.05, 0.1) is 12.0 Å². The molecule has 1 heterocycles. The standard InChI is InChI=1S/C19H21NO2S2/c1-2-3-11-23-24-12-10-20-17(21)13-15-9-8-14-6-4-5-7-16(14)18(15)19(20)22/h4-9H,2-3,10-13H2,1H3. The number of carbonyl (C=O) groups is 2. The first-order valence-corrected chi connectivity index (χ1v) is 10.8. The fraction of sp³-hybridized carbons (Fsp3) is 0.368. The summed E-state index contributed by atoms with van der Waals surface area (Å²) in [6.07, 6.45) is 2.72. The molecule has 2 aromatic carbocycles. The highest BCUT2D eigenvalue weighted by Gasteiger charge is 2.31. The zero-order valence-electron chi connectivity index (χ0n) is 13.8. The molecule has 0 radical (unpaired) electrons.